The monoisotopic (exact) mass is 462 g/mol. The smallest absolute Gasteiger partial charge is 0.223 e. The van der Waals surface area contributed by atoms with Gasteiger partial charge in [0, 0.05) is 23.9 Å². The molecule has 2 amide bonds. The van der Waals surface area contributed by atoms with E-state index in [0.29, 0.717) is 25.5 Å². The van der Waals surface area contributed by atoms with Crippen molar-refractivity contribution in [3.63, 3.8) is 0 Å². The Hall–Kier alpha value is -2.82. The fourth-order valence-electron chi connectivity index (χ4n) is 5.37. The van der Waals surface area contributed by atoms with E-state index in [9.17, 15) is 9.59 Å². The first kappa shape index (κ1) is 24.3. The van der Waals surface area contributed by atoms with Crippen molar-refractivity contribution in [1.29, 1.82) is 0 Å². The summed E-state index contributed by atoms with van der Waals surface area (Å²) in [7, 11) is 0. The van der Waals surface area contributed by atoms with Crippen LogP contribution in [0.5, 0.6) is 5.75 Å². The fraction of sp³-hybridized carbons (Fsp3) is 0.517. The van der Waals surface area contributed by atoms with Crippen LogP contribution in [0, 0.1) is 11.8 Å². The molecule has 4 rings (SSSR count). The van der Waals surface area contributed by atoms with Gasteiger partial charge in [0.15, 0.2) is 0 Å². The zero-order valence-corrected chi connectivity index (χ0v) is 20.1. The molecule has 5 heteroatoms. The van der Waals surface area contributed by atoms with Crippen molar-refractivity contribution in [3.8, 4) is 16.9 Å². The quantitative estimate of drug-likeness (QED) is 0.484. The highest BCUT2D eigenvalue weighted by molar-refractivity contribution is 5.79. The van der Waals surface area contributed by atoms with Crippen molar-refractivity contribution in [1.82, 2.24) is 10.6 Å². The normalized spacial score (nSPS) is 20.9. The molecular formula is C29H38N2O3. The molecule has 2 aliphatic carbocycles. The highest BCUT2D eigenvalue weighted by Gasteiger charge is 2.27. The van der Waals surface area contributed by atoms with Crippen molar-refractivity contribution in [2.75, 3.05) is 13.2 Å². The first-order chi connectivity index (χ1) is 16.7. The first-order valence-electron chi connectivity index (χ1n) is 13.0. The highest BCUT2D eigenvalue weighted by Crippen LogP contribution is 2.30. The van der Waals surface area contributed by atoms with Crippen LogP contribution in [0.3, 0.4) is 0 Å². The van der Waals surface area contributed by atoms with Gasteiger partial charge in [-0.25, -0.2) is 0 Å². The number of ether oxygens (including phenoxy) is 1. The van der Waals surface area contributed by atoms with Crippen LogP contribution in [0.4, 0.5) is 0 Å². The van der Waals surface area contributed by atoms with Crippen LogP contribution in [-0.4, -0.2) is 31.0 Å². The lowest BCUT2D eigenvalue weighted by Gasteiger charge is -2.29. The molecule has 2 fully saturated rings. The van der Waals surface area contributed by atoms with Crippen LogP contribution < -0.4 is 15.4 Å². The van der Waals surface area contributed by atoms with Gasteiger partial charge >= 0.3 is 0 Å². The number of hydrogen-bond donors (Lipinski definition) is 2. The van der Waals surface area contributed by atoms with Crippen molar-refractivity contribution >= 4 is 11.8 Å². The van der Waals surface area contributed by atoms with Crippen LogP contribution in [0.25, 0.3) is 11.1 Å². The van der Waals surface area contributed by atoms with E-state index in [1.165, 1.54) is 32.1 Å². The third kappa shape index (κ3) is 7.09. The molecule has 2 aromatic carbocycles. The first-order valence-corrected chi connectivity index (χ1v) is 13.0. The fourth-order valence-corrected chi connectivity index (χ4v) is 5.37. The number of nitrogens with one attached hydrogen (secondary N) is 2. The standard InChI is InChI=1S/C29H38N2O3/c32-28(21-22-9-3-1-4-10-22)31-25-17-15-24(16-18-25)29(33)30-19-20-34-27-14-8-7-13-26(27)23-11-5-2-6-12-23/h2,5-8,11-14,22,24-25H,1,3-4,9-10,15-21H2,(H,30,33)(H,31,32). The zero-order valence-electron chi connectivity index (χ0n) is 20.1. The molecule has 0 unspecified atom stereocenters. The van der Waals surface area contributed by atoms with Gasteiger partial charge in [-0.3, -0.25) is 9.59 Å². The summed E-state index contributed by atoms with van der Waals surface area (Å²) in [6.07, 6.45) is 10.3. The van der Waals surface area contributed by atoms with Gasteiger partial charge in [-0.1, -0.05) is 67.8 Å². The molecule has 0 aromatic heterocycles. The second kappa shape index (κ2) is 12.6. The van der Waals surface area contributed by atoms with E-state index in [1.807, 2.05) is 36.4 Å². The molecule has 0 saturated heterocycles. The Bertz CT molecular complexity index is 916. The summed E-state index contributed by atoms with van der Waals surface area (Å²) in [5.74, 6) is 1.73. The summed E-state index contributed by atoms with van der Waals surface area (Å²) in [4.78, 5) is 25.0. The summed E-state index contributed by atoms with van der Waals surface area (Å²) in [5.41, 5.74) is 2.17. The van der Waals surface area contributed by atoms with Gasteiger partial charge in [0.1, 0.15) is 12.4 Å². The maximum absolute atomic E-state index is 12.6. The Balaban J connectivity index is 1.14. The minimum atomic E-state index is 0.0306. The molecule has 2 aliphatic rings. The number of rotatable bonds is 9. The van der Waals surface area contributed by atoms with Crippen LogP contribution in [0.1, 0.15) is 64.2 Å². The Morgan fingerprint density at radius 3 is 2.29 bits per heavy atom. The summed E-state index contributed by atoms with van der Waals surface area (Å²) >= 11 is 0. The summed E-state index contributed by atoms with van der Waals surface area (Å²) in [5, 5.41) is 6.26. The Kier molecular flexibility index (Phi) is 9.00. The molecule has 2 saturated carbocycles. The summed E-state index contributed by atoms with van der Waals surface area (Å²) in [6, 6.07) is 18.4. The maximum Gasteiger partial charge on any atom is 0.223 e. The minimum absolute atomic E-state index is 0.0306. The molecule has 5 nitrogen and oxygen atoms in total. The van der Waals surface area contributed by atoms with Gasteiger partial charge in [-0.05, 0) is 56.1 Å². The van der Waals surface area contributed by atoms with Gasteiger partial charge in [0.25, 0.3) is 0 Å². The second-order valence-corrected chi connectivity index (χ2v) is 9.83. The van der Waals surface area contributed by atoms with Crippen molar-refractivity contribution < 1.29 is 14.3 Å². The van der Waals surface area contributed by atoms with Gasteiger partial charge in [-0.15, -0.1) is 0 Å². The average molecular weight is 463 g/mol. The topological polar surface area (TPSA) is 67.4 Å². The molecule has 0 spiro atoms. The second-order valence-electron chi connectivity index (χ2n) is 9.83. The van der Waals surface area contributed by atoms with Crippen LogP contribution in [0.2, 0.25) is 0 Å². The van der Waals surface area contributed by atoms with E-state index in [4.69, 9.17) is 4.74 Å². The van der Waals surface area contributed by atoms with Gasteiger partial charge in [-0.2, -0.15) is 0 Å². The lowest BCUT2D eigenvalue weighted by molar-refractivity contribution is -0.126. The van der Waals surface area contributed by atoms with E-state index < -0.39 is 0 Å². The van der Waals surface area contributed by atoms with Gasteiger partial charge < -0.3 is 15.4 Å². The number of amides is 2. The molecular weight excluding hydrogens is 424 g/mol. The third-order valence-corrected chi connectivity index (χ3v) is 7.29. The summed E-state index contributed by atoms with van der Waals surface area (Å²) in [6.45, 7) is 0.919. The molecule has 0 heterocycles. The predicted octanol–water partition coefficient (Wildman–Crippen LogP) is 5.49. The van der Waals surface area contributed by atoms with Gasteiger partial charge in [0.2, 0.25) is 11.8 Å². The van der Waals surface area contributed by atoms with E-state index >= 15 is 0 Å². The third-order valence-electron chi connectivity index (χ3n) is 7.29. The lowest BCUT2D eigenvalue weighted by Crippen LogP contribution is -2.42. The van der Waals surface area contributed by atoms with E-state index in [-0.39, 0.29) is 23.8 Å². The largest absolute Gasteiger partial charge is 0.491 e. The molecule has 182 valence electrons. The van der Waals surface area contributed by atoms with E-state index in [1.54, 1.807) is 0 Å². The molecule has 34 heavy (non-hydrogen) atoms. The molecule has 2 aromatic rings. The number of benzene rings is 2. The number of para-hydroxylation sites is 1. The Morgan fingerprint density at radius 2 is 1.53 bits per heavy atom. The molecule has 2 N–H and O–H groups in total. The Labute approximate surface area is 203 Å². The lowest BCUT2D eigenvalue weighted by atomic mass is 9.84. The Morgan fingerprint density at radius 1 is 0.824 bits per heavy atom. The number of carbonyl (C=O) groups excluding carboxylic acids is 2. The number of carbonyl (C=O) groups is 2. The molecule has 0 bridgehead atoms. The molecule has 0 atom stereocenters. The molecule has 0 aliphatic heterocycles. The van der Waals surface area contributed by atoms with Crippen molar-refractivity contribution in [2.45, 2.75) is 70.3 Å². The van der Waals surface area contributed by atoms with Crippen molar-refractivity contribution in [3.05, 3.63) is 54.6 Å². The predicted molar refractivity (Wildman–Crippen MR) is 135 cm³/mol. The van der Waals surface area contributed by atoms with Crippen molar-refractivity contribution in [2.24, 2.45) is 11.8 Å². The summed E-state index contributed by atoms with van der Waals surface area (Å²) < 4.78 is 5.99. The van der Waals surface area contributed by atoms with Crippen LogP contribution in [0.15, 0.2) is 54.6 Å². The van der Waals surface area contributed by atoms with E-state index in [2.05, 4.69) is 28.8 Å². The maximum atomic E-state index is 12.6. The molecule has 0 radical (unpaired) electrons. The van der Waals surface area contributed by atoms with Gasteiger partial charge in [0.05, 0.1) is 6.54 Å². The SMILES string of the molecule is O=C(CC1CCCCC1)NC1CCC(C(=O)NCCOc2ccccc2-c2ccccc2)CC1. The number of hydrogen-bond acceptors (Lipinski definition) is 3. The van der Waals surface area contributed by atoms with E-state index in [0.717, 1.165) is 42.6 Å². The highest BCUT2D eigenvalue weighted by atomic mass is 16.5. The minimum Gasteiger partial charge on any atom is -0.491 e. The van der Waals surface area contributed by atoms with Crippen LogP contribution >= 0.6 is 0 Å². The average Bonchev–Trinajstić information content (AvgIpc) is 2.88. The zero-order chi connectivity index (χ0) is 23.6. The van der Waals surface area contributed by atoms with Crippen LogP contribution in [-0.2, 0) is 9.59 Å².